The van der Waals surface area contributed by atoms with Gasteiger partial charge in [0.25, 0.3) is 0 Å². The zero-order valence-corrected chi connectivity index (χ0v) is 20.4. The number of rotatable bonds is 9. The third kappa shape index (κ3) is 5.85. The molecule has 0 saturated carbocycles. The first-order chi connectivity index (χ1) is 16.1. The Morgan fingerprint density at radius 3 is 2.38 bits per heavy atom. The highest BCUT2D eigenvalue weighted by Gasteiger charge is 2.29. The second-order valence-corrected chi connectivity index (χ2v) is 9.75. The summed E-state index contributed by atoms with van der Waals surface area (Å²) in [7, 11) is -1.24. The van der Waals surface area contributed by atoms with Gasteiger partial charge in [0, 0.05) is 23.2 Å². The summed E-state index contributed by atoms with van der Waals surface area (Å²) in [6, 6.07) is 15.0. The Labute approximate surface area is 203 Å². The average Bonchev–Trinajstić information content (AvgIpc) is 2.81. The molecule has 0 aliphatic carbocycles. The number of methoxy groups -OCH3 is 2. The molecule has 0 bridgehead atoms. The van der Waals surface area contributed by atoms with E-state index in [2.05, 4.69) is 5.32 Å². The van der Waals surface area contributed by atoms with Crippen molar-refractivity contribution in [3.05, 3.63) is 82.6 Å². The number of aryl methyl sites for hydroxylation is 1. The Balaban J connectivity index is 1.94. The molecule has 3 rings (SSSR count). The van der Waals surface area contributed by atoms with Gasteiger partial charge in [0.15, 0.2) is 0 Å². The summed E-state index contributed by atoms with van der Waals surface area (Å²) in [5.41, 5.74) is 1.16. The van der Waals surface area contributed by atoms with Crippen molar-refractivity contribution in [2.45, 2.75) is 18.4 Å². The Bertz CT molecular complexity index is 1260. The van der Waals surface area contributed by atoms with Crippen LogP contribution in [-0.2, 0) is 21.4 Å². The Morgan fingerprint density at radius 1 is 1.06 bits per heavy atom. The summed E-state index contributed by atoms with van der Waals surface area (Å²) < 4.78 is 52.6. The summed E-state index contributed by atoms with van der Waals surface area (Å²) in [6.45, 7) is 0.800. The predicted molar refractivity (Wildman–Crippen MR) is 128 cm³/mol. The van der Waals surface area contributed by atoms with E-state index in [0.717, 1.165) is 9.87 Å². The first kappa shape index (κ1) is 25.5. The monoisotopic (exact) mass is 506 g/mol. The number of hydrogen-bond donors (Lipinski definition) is 1. The topological polar surface area (TPSA) is 84.9 Å². The number of carbonyl (C=O) groups excluding carboxylic acids is 1. The van der Waals surface area contributed by atoms with Crippen LogP contribution in [0, 0.1) is 12.7 Å². The lowest BCUT2D eigenvalue weighted by Gasteiger charge is -2.23. The SMILES string of the molecule is COc1ccc(NC(=O)CN(Cc2c(F)cccc2Cl)S(=O)(=O)c2ccc(C)cc2)c(OC)c1. The van der Waals surface area contributed by atoms with Crippen LogP contribution in [-0.4, -0.2) is 39.4 Å². The summed E-state index contributed by atoms with van der Waals surface area (Å²) in [4.78, 5) is 12.9. The number of carbonyl (C=O) groups is 1. The zero-order valence-electron chi connectivity index (χ0n) is 18.8. The molecule has 1 amide bonds. The van der Waals surface area contributed by atoms with Gasteiger partial charge < -0.3 is 14.8 Å². The lowest BCUT2D eigenvalue weighted by atomic mass is 10.2. The molecule has 3 aromatic rings. The minimum absolute atomic E-state index is 0.0274. The summed E-state index contributed by atoms with van der Waals surface area (Å²) >= 11 is 6.13. The Hall–Kier alpha value is -3.14. The highest BCUT2D eigenvalue weighted by Crippen LogP contribution is 2.29. The molecule has 0 aliphatic rings. The number of hydrogen-bond acceptors (Lipinski definition) is 5. The van der Waals surface area contributed by atoms with E-state index in [-0.39, 0.29) is 15.5 Å². The highest BCUT2D eigenvalue weighted by molar-refractivity contribution is 7.89. The van der Waals surface area contributed by atoms with Crippen molar-refractivity contribution in [1.29, 1.82) is 0 Å². The van der Waals surface area contributed by atoms with Crippen molar-refractivity contribution in [2.24, 2.45) is 0 Å². The van der Waals surface area contributed by atoms with Crippen LogP contribution in [0.3, 0.4) is 0 Å². The van der Waals surface area contributed by atoms with Crippen molar-refractivity contribution in [3.63, 3.8) is 0 Å². The number of anilines is 1. The third-order valence-electron chi connectivity index (χ3n) is 5.06. The first-order valence-corrected chi connectivity index (χ1v) is 12.0. The number of amides is 1. The van der Waals surface area contributed by atoms with Gasteiger partial charge in [-0.15, -0.1) is 0 Å². The van der Waals surface area contributed by atoms with Crippen molar-refractivity contribution in [3.8, 4) is 11.5 Å². The number of benzene rings is 3. The fourth-order valence-electron chi connectivity index (χ4n) is 3.20. The van der Waals surface area contributed by atoms with Gasteiger partial charge in [-0.1, -0.05) is 35.4 Å². The van der Waals surface area contributed by atoms with Crippen LogP contribution >= 0.6 is 11.6 Å². The molecule has 180 valence electrons. The normalized spacial score (nSPS) is 11.4. The molecule has 0 radical (unpaired) electrons. The summed E-state index contributed by atoms with van der Waals surface area (Å²) in [5, 5.41) is 2.70. The largest absolute Gasteiger partial charge is 0.497 e. The van der Waals surface area contributed by atoms with Gasteiger partial charge in [0.1, 0.15) is 17.3 Å². The van der Waals surface area contributed by atoms with Crippen molar-refractivity contribution >= 4 is 33.2 Å². The van der Waals surface area contributed by atoms with E-state index in [1.54, 1.807) is 30.3 Å². The molecule has 1 N–H and O–H groups in total. The van der Waals surface area contributed by atoms with Crippen LogP contribution in [0.2, 0.25) is 5.02 Å². The molecule has 0 aromatic heterocycles. The van der Waals surface area contributed by atoms with Crippen LogP contribution in [0.1, 0.15) is 11.1 Å². The van der Waals surface area contributed by atoms with E-state index >= 15 is 0 Å². The number of nitrogens with zero attached hydrogens (tertiary/aromatic N) is 1. The van der Waals surface area contributed by atoms with Gasteiger partial charge in [-0.05, 0) is 43.3 Å². The first-order valence-electron chi connectivity index (χ1n) is 10.2. The van der Waals surface area contributed by atoms with Gasteiger partial charge in [-0.3, -0.25) is 4.79 Å². The predicted octanol–water partition coefficient (Wildman–Crippen LogP) is 4.63. The fraction of sp³-hybridized carbons (Fsp3) is 0.208. The molecule has 10 heteroatoms. The van der Waals surface area contributed by atoms with Crippen LogP contribution < -0.4 is 14.8 Å². The minimum atomic E-state index is -4.17. The van der Waals surface area contributed by atoms with Crippen LogP contribution in [0.15, 0.2) is 65.6 Å². The maximum Gasteiger partial charge on any atom is 0.243 e. The molecule has 0 atom stereocenters. The van der Waals surface area contributed by atoms with E-state index in [9.17, 15) is 17.6 Å². The third-order valence-corrected chi connectivity index (χ3v) is 7.22. The molecule has 7 nitrogen and oxygen atoms in total. The van der Waals surface area contributed by atoms with E-state index < -0.39 is 34.8 Å². The van der Waals surface area contributed by atoms with Crippen molar-refractivity contribution in [2.75, 3.05) is 26.1 Å². The molecule has 0 saturated heterocycles. The van der Waals surface area contributed by atoms with Gasteiger partial charge in [0.2, 0.25) is 15.9 Å². The van der Waals surface area contributed by atoms with Crippen LogP contribution in [0.4, 0.5) is 10.1 Å². The fourth-order valence-corrected chi connectivity index (χ4v) is 4.78. The quantitative estimate of drug-likeness (QED) is 0.457. The van der Waals surface area contributed by atoms with Gasteiger partial charge >= 0.3 is 0 Å². The average molecular weight is 507 g/mol. The molecular weight excluding hydrogens is 483 g/mol. The number of halogens is 2. The van der Waals surface area contributed by atoms with Gasteiger partial charge in [-0.2, -0.15) is 4.31 Å². The smallest absolute Gasteiger partial charge is 0.243 e. The minimum Gasteiger partial charge on any atom is -0.497 e. The van der Waals surface area contributed by atoms with E-state index in [1.165, 1.54) is 44.6 Å². The Morgan fingerprint density at radius 2 is 1.76 bits per heavy atom. The second-order valence-electron chi connectivity index (χ2n) is 7.40. The second kappa shape index (κ2) is 10.9. The van der Waals surface area contributed by atoms with E-state index in [0.29, 0.717) is 17.2 Å². The van der Waals surface area contributed by atoms with Crippen LogP contribution in [0.5, 0.6) is 11.5 Å². The summed E-state index contributed by atoms with van der Waals surface area (Å²) in [6.07, 6.45) is 0. The molecular formula is C24H24ClFN2O5S. The highest BCUT2D eigenvalue weighted by atomic mass is 35.5. The molecule has 34 heavy (non-hydrogen) atoms. The zero-order chi connectivity index (χ0) is 24.9. The van der Waals surface area contributed by atoms with E-state index in [1.807, 2.05) is 6.92 Å². The van der Waals surface area contributed by atoms with Crippen molar-refractivity contribution in [1.82, 2.24) is 4.31 Å². The molecule has 0 unspecified atom stereocenters. The van der Waals surface area contributed by atoms with Gasteiger partial charge in [-0.25, -0.2) is 12.8 Å². The lowest BCUT2D eigenvalue weighted by Crippen LogP contribution is -2.38. The standard InChI is InChI=1S/C24H24ClFN2O5S/c1-16-7-10-18(11-8-16)34(30,31)28(14-19-20(25)5-4-6-21(19)26)15-24(29)27-22-12-9-17(32-2)13-23(22)33-3/h4-13H,14-15H2,1-3H3,(H,27,29). The van der Waals surface area contributed by atoms with E-state index in [4.69, 9.17) is 21.1 Å². The molecule has 0 spiro atoms. The maximum atomic E-state index is 14.5. The van der Waals surface area contributed by atoms with Crippen molar-refractivity contribution < 1.29 is 27.1 Å². The van der Waals surface area contributed by atoms with Crippen LogP contribution in [0.25, 0.3) is 0 Å². The lowest BCUT2D eigenvalue weighted by molar-refractivity contribution is -0.116. The number of nitrogens with one attached hydrogen (secondary N) is 1. The molecule has 3 aromatic carbocycles. The molecule has 0 aliphatic heterocycles. The summed E-state index contributed by atoms with van der Waals surface area (Å²) in [5.74, 6) is -0.467. The Kier molecular flexibility index (Phi) is 8.14. The number of ether oxygens (including phenoxy) is 2. The molecule has 0 fully saturated rings. The number of sulfonamides is 1. The van der Waals surface area contributed by atoms with Gasteiger partial charge in [0.05, 0.1) is 31.3 Å². The molecule has 0 heterocycles. The maximum absolute atomic E-state index is 14.5.